The average Bonchev–Trinajstić information content (AvgIpc) is 3.52. The van der Waals surface area contributed by atoms with Crippen LogP contribution in [0.4, 0.5) is 0 Å². The first-order chi connectivity index (χ1) is 12.9. The summed E-state index contributed by atoms with van der Waals surface area (Å²) in [6.45, 7) is 1.74. The van der Waals surface area contributed by atoms with Crippen molar-refractivity contribution in [1.82, 2.24) is 0 Å². The van der Waals surface area contributed by atoms with E-state index in [1.165, 1.54) is 0 Å². The second-order valence-corrected chi connectivity index (χ2v) is 6.06. The van der Waals surface area contributed by atoms with E-state index in [-0.39, 0.29) is 6.10 Å². The second-order valence-electron chi connectivity index (χ2n) is 6.06. The van der Waals surface area contributed by atoms with Crippen molar-refractivity contribution in [2.75, 3.05) is 13.2 Å². The van der Waals surface area contributed by atoms with E-state index in [1.54, 1.807) is 0 Å². The summed E-state index contributed by atoms with van der Waals surface area (Å²) < 4.78 is 23.0. The van der Waals surface area contributed by atoms with Crippen molar-refractivity contribution in [2.45, 2.75) is 12.7 Å². The maximum Gasteiger partial charge on any atom is 0.165 e. The van der Waals surface area contributed by atoms with Crippen LogP contribution in [-0.2, 0) is 11.3 Å². The van der Waals surface area contributed by atoms with E-state index in [9.17, 15) is 0 Å². The monoisotopic (exact) mass is 348 g/mol. The summed E-state index contributed by atoms with van der Waals surface area (Å²) in [6.07, 6.45) is 0.177. The van der Waals surface area contributed by atoms with E-state index in [4.69, 9.17) is 18.9 Å². The highest BCUT2D eigenvalue weighted by atomic mass is 16.6. The summed E-state index contributed by atoms with van der Waals surface area (Å²) in [5.74, 6) is 2.83. The fraction of sp³-hybridized carbons (Fsp3) is 0.182. The van der Waals surface area contributed by atoms with Crippen LogP contribution >= 0.6 is 0 Å². The Morgan fingerprint density at radius 1 is 0.769 bits per heavy atom. The van der Waals surface area contributed by atoms with Crippen LogP contribution in [0.3, 0.4) is 0 Å². The summed E-state index contributed by atoms with van der Waals surface area (Å²) >= 11 is 0. The predicted molar refractivity (Wildman–Crippen MR) is 99.0 cm³/mol. The van der Waals surface area contributed by atoms with Crippen molar-refractivity contribution in [2.24, 2.45) is 0 Å². The standard InChI is InChI=1S/C22H20O4/c1-3-7-17(8-4-1)14-24-21-12-11-19(26-18-9-5-2-6-10-18)13-22(21)25-16-20-15-23-20/h1-13,20H,14-16H2. The molecule has 3 aromatic carbocycles. The first-order valence-corrected chi connectivity index (χ1v) is 8.65. The summed E-state index contributed by atoms with van der Waals surface area (Å²) in [5, 5.41) is 0. The molecule has 1 fully saturated rings. The zero-order valence-electron chi connectivity index (χ0n) is 14.3. The molecule has 3 aromatic rings. The normalized spacial score (nSPS) is 15.3. The number of para-hydroxylation sites is 1. The van der Waals surface area contributed by atoms with Gasteiger partial charge in [-0.1, -0.05) is 48.5 Å². The predicted octanol–water partition coefficient (Wildman–Crippen LogP) is 4.84. The Bertz CT molecular complexity index is 829. The maximum atomic E-state index is 5.96. The molecule has 1 heterocycles. The molecule has 132 valence electrons. The first-order valence-electron chi connectivity index (χ1n) is 8.65. The van der Waals surface area contributed by atoms with E-state index < -0.39 is 0 Å². The minimum absolute atomic E-state index is 0.177. The SMILES string of the molecule is c1ccc(COc2ccc(Oc3ccccc3)cc2OCC2CO2)cc1. The van der Waals surface area contributed by atoms with E-state index >= 15 is 0 Å². The highest BCUT2D eigenvalue weighted by Gasteiger charge is 2.24. The Labute approximate surface area is 152 Å². The lowest BCUT2D eigenvalue weighted by Crippen LogP contribution is -2.06. The molecular formula is C22H20O4. The van der Waals surface area contributed by atoms with Gasteiger partial charge in [-0.05, 0) is 29.8 Å². The minimum Gasteiger partial charge on any atom is -0.487 e. The molecule has 0 radical (unpaired) electrons. The fourth-order valence-corrected chi connectivity index (χ4v) is 2.49. The molecule has 0 aromatic heterocycles. The third-order valence-corrected chi connectivity index (χ3v) is 3.96. The van der Waals surface area contributed by atoms with Gasteiger partial charge in [0.15, 0.2) is 11.5 Å². The third kappa shape index (κ3) is 4.55. The molecule has 0 aliphatic carbocycles. The molecule has 0 saturated carbocycles. The molecular weight excluding hydrogens is 328 g/mol. The topological polar surface area (TPSA) is 40.2 Å². The summed E-state index contributed by atoms with van der Waals surface area (Å²) in [6, 6.07) is 25.3. The Kier molecular flexibility index (Phi) is 5.03. The van der Waals surface area contributed by atoms with Gasteiger partial charge in [-0.3, -0.25) is 0 Å². The van der Waals surface area contributed by atoms with Gasteiger partial charge in [0, 0.05) is 6.07 Å². The quantitative estimate of drug-likeness (QED) is 0.546. The van der Waals surface area contributed by atoms with Gasteiger partial charge in [0.2, 0.25) is 0 Å². The molecule has 4 heteroatoms. The molecule has 26 heavy (non-hydrogen) atoms. The van der Waals surface area contributed by atoms with Gasteiger partial charge in [0.25, 0.3) is 0 Å². The minimum atomic E-state index is 0.177. The lowest BCUT2D eigenvalue weighted by atomic mass is 10.2. The summed E-state index contributed by atoms with van der Waals surface area (Å²) in [4.78, 5) is 0. The Balaban J connectivity index is 1.49. The zero-order chi connectivity index (χ0) is 17.6. The number of rotatable bonds is 8. The molecule has 1 aliphatic heterocycles. The lowest BCUT2D eigenvalue weighted by molar-refractivity contribution is 0.237. The van der Waals surface area contributed by atoms with Crippen LogP contribution in [0.25, 0.3) is 0 Å². The lowest BCUT2D eigenvalue weighted by Gasteiger charge is -2.14. The highest BCUT2D eigenvalue weighted by molar-refractivity contribution is 5.47. The summed E-state index contributed by atoms with van der Waals surface area (Å²) in [7, 11) is 0. The fourth-order valence-electron chi connectivity index (χ4n) is 2.49. The zero-order valence-corrected chi connectivity index (χ0v) is 14.3. The molecule has 4 nitrogen and oxygen atoms in total. The van der Waals surface area contributed by atoms with Crippen molar-refractivity contribution in [3.05, 3.63) is 84.4 Å². The van der Waals surface area contributed by atoms with E-state index in [2.05, 4.69) is 0 Å². The van der Waals surface area contributed by atoms with Crippen LogP contribution in [0, 0.1) is 0 Å². The van der Waals surface area contributed by atoms with E-state index in [1.807, 2.05) is 78.9 Å². The van der Waals surface area contributed by atoms with Gasteiger partial charge >= 0.3 is 0 Å². The number of hydrogen-bond acceptors (Lipinski definition) is 4. The Hall–Kier alpha value is -2.98. The van der Waals surface area contributed by atoms with Crippen molar-refractivity contribution >= 4 is 0 Å². The molecule has 0 amide bonds. The maximum absolute atomic E-state index is 5.96. The van der Waals surface area contributed by atoms with Crippen LogP contribution in [0.1, 0.15) is 5.56 Å². The van der Waals surface area contributed by atoms with Gasteiger partial charge in [-0.15, -0.1) is 0 Å². The van der Waals surface area contributed by atoms with E-state index in [0.29, 0.717) is 30.5 Å². The summed E-state index contributed by atoms with van der Waals surface area (Å²) in [5.41, 5.74) is 1.11. The second kappa shape index (κ2) is 7.93. The smallest absolute Gasteiger partial charge is 0.165 e. The molecule has 1 aliphatic rings. The van der Waals surface area contributed by atoms with Crippen LogP contribution in [0.5, 0.6) is 23.0 Å². The van der Waals surface area contributed by atoms with Crippen molar-refractivity contribution in [3.63, 3.8) is 0 Å². The van der Waals surface area contributed by atoms with Crippen molar-refractivity contribution in [1.29, 1.82) is 0 Å². The third-order valence-electron chi connectivity index (χ3n) is 3.96. The van der Waals surface area contributed by atoms with Gasteiger partial charge in [-0.25, -0.2) is 0 Å². The molecule has 0 N–H and O–H groups in total. The largest absolute Gasteiger partial charge is 0.487 e. The van der Waals surface area contributed by atoms with Gasteiger partial charge in [0.05, 0.1) is 6.61 Å². The molecule has 1 unspecified atom stereocenters. The van der Waals surface area contributed by atoms with E-state index in [0.717, 1.165) is 17.9 Å². The van der Waals surface area contributed by atoms with Gasteiger partial charge < -0.3 is 18.9 Å². The Morgan fingerprint density at radius 2 is 1.50 bits per heavy atom. The van der Waals surface area contributed by atoms with Gasteiger partial charge in [0.1, 0.15) is 30.8 Å². The molecule has 1 atom stereocenters. The molecule has 0 bridgehead atoms. The molecule has 4 rings (SSSR count). The Morgan fingerprint density at radius 3 is 2.23 bits per heavy atom. The molecule has 1 saturated heterocycles. The molecule has 0 spiro atoms. The van der Waals surface area contributed by atoms with Crippen LogP contribution in [0.2, 0.25) is 0 Å². The number of benzene rings is 3. The first kappa shape index (κ1) is 16.5. The van der Waals surface area contributed by atoms with Crippen LogP contribution < -0.4 is 14.2 Å². The van der Waals surface area contributed by atoms with Gasteiger partial charge in [-0.2, -0.15) is 0 Å². The highest BCUT2D eigenvalue weighted by Crippen LogP contribution is 2.34. The number of ether oxygens (including phenoxy) is 4. The number of hydrogen-bond donors (Lipinski definition) is 0. The van der Waals surface area contributed by atoms with Crippen molar-refractivity contribution < 1.29 is 18.9 Å². The van der Waals surface area contributed by atoms with Crippen LogP contribution in [0.15, 0.2) is 78.9 Å². The van der Waals surface area contributed by atoms with Crippen molar-refractivity contribution in [3.8, 4) is 23.0 Å². The number of epoxide rings is 1. The average molecular weight is 348 g/mol. The van der Waals surface area contributed by atoms with Crippen LogP contribution in [-0.4, -0.2) is 19.3 Å².